The highest BCUT2D eigenvalue weighted by Crippen LogP contribution is 2.22. The van der Waals surface area contributed by atoms with Gasteiger partial charge < -0.3 is 15.0 Å². The van der Waals surface area contributed by atoms with Crippen molar-refractivity contribution < 1.29 is 4.74 Å². The van der Waals surface area contributed by atoms with Crippen LogP contribution in [0.1, 0.15) is 18.3 Å². The van der Waals surface area contributed by atoms with Crippen LogP contribution in [-0.2, 0) is 6.54 Å². The van der Waals surface area contributed by atoms with Crippen molar-refractivity contribution in [3.8, 4) is 5.75 Å². The van der Waals surface area contributed by atoms with Gasteiger partial charge in [0.25, 0.3) is 0 Å². The average molecular weight is 348 g/mol. The molecule has 0 saturated carbocycles. The Labute approximate surface area is 154 Å². The zero-order valence-electron chi connectivity index (χ0n) is 15.4. The summed E-state index contributed by atoms with van der Waals surface area (Å²) in [7, 11) is 1.66. The van der Waals surface area contributed by atoms with E-state index in [1.807, 2.05) is 43.3 Å². The highest BCUT2D eigenvalue weighted by Gasteiger charge is 2.10. The minimum atomic E-state index is 0.741. The van der Waals surface area contributed by atoms with Gasteiger partial charge in [-0.1, -0.05) is 30.3 Å². The molecule has 134 valence electrons. The summed E-state index contributed by atoms with van der Waals surface area (Å²) in [6.07, 6.45) is 0. The minimum Gasteiger partial charge on any atom is -0.497 e. The lowest BCUT2D eigenvalue weighted by Crippen LogP contribution is -2.23. The van der Waals surface area contributed by atoms with E-state index >= 15 is 0 Å². The van der Waals surface area contributed by atoms with E-state index in [9.17, 15) is 0 Å². The summed E-state index contributed by atoms with van der Waals surface area (Å²) in [6.45, 7) is 5.74. The average Bonchev–Trinajstić information content (AvgIpc) is 2.67. The molecular weight excluding hydrogens is 324 g/mol. The van der Waals surface area contributed by atoms with Crippen LogP contribution in [-0.4, -0.2) is 23.6 Å². The van der Waals surface area contributed by atoms with Crippen LogP contribution in [0.3, 0.4) is 0 Å². The number of hydrogen-bond donors (Lipinski definition) is 1. The van der Waals surface area contributed by atoms with E-state index in [2.05, 4.69) is 51.4 Å². The largest absolute Gasteiger partial charge is 0.497 e. The maximum absolute atomic E-state index is 5.20. The second-order valence-corrected chi connectivity index (χ2v) is 6.01. The number of hydrogen-bond acceptors (Lipinski definition) is 5. The monoisotopic (exact) mass is 348 g/mol. The van der Waals surface area contributed by atoms with Gasteiger partial charge in [-0.2, -0.15) is 0 Å². The fourth-order valence-corrected chi connectivity index (χ4v) is 2.76. The Morgan fingerprint density at radius 1 is 1.00 bits per heavy atom. The third kappa shape index (κ3) is 4.51. The summed E-state index contributed by atoms with van der Waals surface area (Å²) in [4.78, 5) is 11.4. The summed E-state index contributed by atoms with van der Waals surface area (Å²) >= 11 is 0. The first-order chi connectivity index (χ1) is 12.7. The van der Waals surface area contributed by atoms with Gasteiger partial charge in [0.1, 0.15) is 23.2 Å². The molecule has 1 aromatic heterocycles. The lowest BCUT2D eigenvalue weighted by molar-refractivity contribution is 0.415. The van der Waals surface area contributed by atoms with Crippen molar-refractivity contribution in [1.82, 2.24) is 9.97 Å². The van der Waals surface area contributed by atoms with Crippen molar-refractivity contribution >= 4 is 17.3 Å². The normalized spacial score (nSPS) is 10.4. The quantitative estimate of drug-likeness (QED) is 0.678. The molecule has 5 nitrogen and oxygen atoms in total. The van der Waals surface area contributed by atoms with Crippen molar-refractivity contribution in [2.24, 2.45) is 0 Å². The lowest BCUT2D eigenvalue weighted by Gasteiger charge is -2.23. The molecule has 0 atom stereocenters. The number of ether oxygens (including phenoxy) is 1. The predicted octanol–water partition coefficient (Wildman–Crippen LogP) is 4.56. The fraction of sp³-hybridized carbons (Fsp3) is 0.238. The van der Waals surface area contributed by atoms with Crippen molar-refractivity contribution in [2.75, 3.05) is 23.9 Å². The first kappa shape index (κ1) is 17.7. The summed E-state index contributed by atoms with van der Waals surface area (Å²) in [5.41, 5.74) is 2.22. The van der Waals surface area contributed by atoms with Crippen LogP contribution in [0.4, 0.5) is 17.3 Å². The number of anilines is 3. The van der Waals surface area contributed by atoms with E-state index in [1.165, 1.54) is 5.56 Å². The molecule has 1 heterocycles. The summed E-state index contributed by atoms with van der Waals surface area (Å²) in [6, 6.07) is 20.2. The van der Waals surface area contributed by atoms with E-state index in [0.717, 1.165) is 42.0 Å². The van der Waals surface area contributed by atoms with E-state index < -0.39 is 0 Å². The topological polar surface area (TPSA) is 50.3 Å². The molecule has 0 amide bonds. The van der Waals surface area contributed by atoms with Crippen LogP contribution in [0.25, 0.3) is 0 Å². The molecule has 3 rings (SSSR count). The van der Waals surface area contributed by atoms with Gasteiger partial charge >= 0.3 is 0 Å². The first-order valence-electron chi connectivity index (χ1n) is 8.73. The molecular formula is C21H24N4O. The third-order valence-electron chi connectivity index (χ3n) is 4.11. The molecule has 0 aliphatic rings. The number of methoxy groups -OCH3 is 1. The fourth-order valence-electron chi connectivity index (χ4n) is 2.76. The zero-order chi connectivity index (χ0) is 18.4. The molecule has 1 N–H and O–H groups in total. The molecule has 2 aromatic carbocycles. The van der Waals surface area contributed by atoms with Crippen LogP contribution >= 0.6 is 0 Å². The Balaban J connectivity index is 1.81. The minimum absolute atomic E-state index is 0.741. The van der Waals surface area contributed by atoms with Gasteiger partial charge in [-0.15, -0.1) is 0 Å². The van der Waals surface area contributed by atoms with Crippen molar-refractivity contribution in [2.45, 2.75) is 20.4 Å². The molecule has 0 aliphatic heterocycles. The van der Waals surface area contributed by atoms with Gasteiger partial charge in [0.2, 0.25) is 0 Å². The maximum Gasteiger partial charge on any atom is 0.136 e. The Hall–Kier alpha value is -3.08. The predicted molar refractivity (Wildman–Crippen MR) is 106 cm³/mol. The van der Waals surface area contributed by atoms with Gasteiger partial charge in [-0.25, -0.2) is 9.97 Å². The highest BCUT2D eigenvalue weighted by atomic mass is 16.5. The molecule has 0 saturated heterocycles. The number of benzene rings is 2. The van der Waals surface area contributed by atoms with Crippen LogP contribution in [0.15, 0.2) is 60.7 Å². The van der Waals surface area contributed by atoms with E-state index in [1.54, 1.807) is 7.11 Å². The van der Waals surface area contributed by atoms with E-state index in [-0.39, 0.29) is 0 Å². The molecule has 0 bridgehead atoms. The molecule has 0 aliphatic carbocycles. The standard InChI is InChI=1S/C21H24N4O/c1-4-25(15-17-8-6-5-7-9-17)21-14-20(22-16(2)23-21)24-18-10-12-19(26-3)13-11-18/h5-14H,4,15H2,1-3H3,(H,22,23,24). The van der Waals surface area contributed by atoms with Gasteiger partial charge in [-0.3, -0.25) is 0 Å². The van der Waals surface area contributed by atoms with E-state index in [0.29, 0.717) is 0 Å². The molecule has 5 heteroatoms. The Kier molecular flexibility index (Phi) is 5.69. The van der Waals surface area contributed by atoms with Gasteiger partial charge in [-0.05, 0) is 43.7 Å². The number of aryl methyl sites for hydroxylation is 1. The summed E-state index contributed by atoms with van der Waals surface area (Å²) in [5.74, 6) is 3.27. The number of nitrogens with one attached hydrogen (secondary N) is 1. The number of aromatic nitrogens is 2. The van der Waals surface area contributed by atoms with Crippen LogP contribution in [0.5, 0.6) is 5.75 Å². The SMILES string of the molecule is CCN(Cc1ccccc1)c1cc(Nc2ccc(OC)cc2)nc(C)n1. The second-order valence-electron chi connectivity index (χ2n) is 6.01. The van der Waals surface area contributed by atoms with Crippen molar-refractivity contribution in [1.29, 1.82) is 0 Å². The zero-order valence-corrected chi connectivity index (χ0v) is 15.4. The molecule has 0 fully saturated rings. The molecule has 26 heavy (non-hydrogen) atoms. The molecule has 0 unspecified atom stereocenters. The van der Waals surface area contributed by atoms with Crippen molar-refractivity contribution in [3.63, 3.8) is 0 Å². The summed E-state index contributed by atoms with van der Waals surface area (Å²) in [5, 5.41) is 3.35. The lowest BCUT2D eigenvalue weighted by atomic mass is 10.2. The molecule has 0 spiro atoms. The summed E-state index contributed by atoms with van der Waals surface area (Å²) < 4.78 is 5.20. The van der Waals surface area contributed by atoms with E-state index in [4.69, 9.17) is 4.74 Å². The Bertz CT molecular complexity index is 834. The number of rotatable bonds is 7. The maximum atomic E-state index is 5.20. The van der Waals surface area contributed by atoms with Gasteiger partial charge in [0.05, 0.1) is 7.11 Å². The molecule has 0 radical (unpaired) electrons. The second kappa shape index (κ2) is 8.34. The Morgan fingerprint density at radius 2 is 1.73 bits per heavy atom. The number of nitrogens with zero attached hydrogens (tertiary/aromatic N) is 3. The Morgan fingerprint density at radius 3 is 2.38 bits per heavy atom. The first-order valence-corrected chi connectivity index (χ1v) is 8.73. The van der Waals surface area contributed by atoms with Crippen LogP contribution < -0.4 is 15.0 Å². The van der Waals surface area contributed by atoms with Gasteiger partial charge in [0.15, 0.2) is 0 Å². The third-order valence-corrected chi connectivity index (χ3v) is 4.11. The van der Waals surface area contributed by atoms with Crippen LogP contribution in [0.2, 0.25) is 0 Å². The smallest absolute Gasteiger partial charge is 0.136 e. The van der Waals surface area contributed by atoms with Gasteiger partial charge in [0, 0.05) is 24.8 Å². The highest BCUT2D eigenvalue weighted by molar-refractivity contribution is 5.60. The van der Waals surface area contributed by atoms with Crippen molar-refractivity contribution in [3.05, 3.63) is 72.1 Å². The van der Waals surface area contributed by atoms with Crippen LogP contribution in [0, 0.1) is 6.92 Å². The molecule has 3 aromatic rings.